The van der Waals surface area contributed by atoms with Crippen LogP contribution in [0, 0.1) is 6.92 Å². The predicted molar refractivity (Wildman–Crippen MR) is 67.5 cm³/mol. The number of aromatic hydroxyl groups is 1. The van der Waals surface area contributed by atoms with Gasteiger partial charge < -0.3 is 10.4 Å². The highest BCUT2D eigenvalue weighted by atomic mass is 32.2. The lowest BCUT2D eigenvalue weighted by atomic mass is 10.1. The number of aryl methyl sites for hydroxylation is 1. The quantitative estimate of drug-likeness (QED) is 0.730. The standard InChI is InChI=1S/C12H19NOS/c1-10-5-3-6-11(12(10)14)9-13-7-4-8-15-2/h3,5-6,13-14H,4,7-9H2,1-2H3. The molecule has 0 heterocycles. The van der Waals surface area contributed by atoms with Crippen molar-refractivity contribution in [3.8, 4) is 5.75 Å². The minimum Gasteiger partial charge on any atom is -0.507 e. The molecule has 0 amide bonds. The van der Waals surface area contributed by atoms with Crippen molar-refractivity contribution in [3.05, 3.63) is 29.3 Å². The Labute approximate surface area is 96.1 Å². The molecule has 1 aromatic rings. The average molecular weight is 225 g/mol. The van der Waals surface area contributed by atoms with Gasteiger partial charge in [0.2, 0.25) is 0 Å². The molecule has 1 aromatic carbocycles. The molecule has 15 heavy (non-hydrogen) atoms. The van der Waals surface area contributed by atoms with Gasteiger partial charge in [-0.15, -0.1) is 0 Å². The highest BCUT2D eigenvalue weighted by Gasteiger charge is 2.02. The first-order valence-corrected chi connectivity index (χ1v) is 6.62. The third-order valence-corrected chi connectivity index (χ3v) is 3.04. The van der Waals surface area contributed by atoms with Gasteiger partial charge in [-0.1, -0.05) is 18.2 Å². The number of hydrogen-bond donors (Lipinski definition) is 2. The van der Waals surface area contributed by atoms with Gasteiger partial charge in [0.1, 0.15) is 5.75 Å². The summed E-state index contributed by atoms with van der Waals surface area (Å²) in [5.41, 5.74) is 1.93. The van der Waals surface area contributed by atoms with E-state index in [1.807, 2.05) is 36.9 Å². The molecule has 1 rings (SSSR count). The van der Waals surface area contributed by atoms with E-state index in [-0.39, 0.29) is 0 Å². The van der Waals surface area contributed by atoms with Crippen molar-refractivity contribution < 1.29 is 5.11 Å². The molecule has 0 spiro atoms. The molecule has 0 radical (unpaired) electrons. The van der Waals surface area contributed by atoms with Crippen molar-refractivity contribution in [1.29, 1.82) is 0 Å². The Kier molecular flexibility index (Phi) is 5.58. The molecule has 3 heteroatoms. The van der Waals surface area contributed by atoms with Crippen LogP contribution < -0.4 is 5.32 Å². The minimum absolute atomic E-state index is 0.426. The second-order valence-corrected chi connectivity index (χ2v) is 4.59. The summed E-state index contributed by atoms with van der Waals surface area (Å²) < 4.78 is 0. The molecule has 0 saturated heterocycles. The maximum Gasteiger partial charge on any atom is 0.122 e. The molecular formula is C12H19NOS. The normalized spacial score (nSPS) is 10.5. The van der Waals surface area contributed by atoms with E-state index in [2.05, 4.69) is 11.6 Å². The Morgan fingerprint density at radius 3 is 2.93 bits per heavy atom. The molecule has 84 valence electrons. The van der Waals surface area contributed by atoms with Crippen LogP contribution in [0.3, 0.4) is 0 Å². The molecule has 0 aliphatic carbocycles. The van der Waals surface area contributed by atoms with Gasteiger partial charge in [-0.05, 0) is 37.5 Å². The molecule has 0 bridgehead atoms. The van der Waals surface area contributed by atoms with E-state index in [4.69, 9.17) is 0 Å². The fourth-order valence-electron chi connectivity index (χ4n) is 1.43. The van der Waals surface area contributed by atoms with Gasteiger partial charge in [0.15, 0.2) is 0 Å². The van der Waals surface area contributed by atoms with Gasteiger partial charge in [0.05, 0.1) is 0 Å². The number of para-hydroxylation sites is 1. The van der Waals surface area contributed by atoms with Crippen LogP contribution >= 0.6 is 11.8 Å². The first kappa shape index (κ1) is 12.4. The summed E-state index contributed by atoms with van der Waals surface area (Å²) in [5.74, 6) is 1.61. The van der Waals surface area contributed by atoms with E-state index in [1.54, 1.807) is 0 Å². The average Bonchev–Trinajstić information content (AvgIpc) is 2.24. The monoisotopic (exact) mass is 225 g/mol. The zero-order chi connectivity index (χ0) is 11.1. The first-order valence-electron chi connectivity index (χ1n) is 5.23. The summed E-state index contributed by atoms with van der Waals surface area (Å²) in [7, 11) is 0. The molecule has 0 saturated carbocycles. The van der Waals surface area contributed by atoms with E-state index in [1.165, 1.54) is 12.2 Å². The number of hydrogen-bond acceptors (Lipinski definition) is 3. The van der Waals surface area contributed by atoms with Gasteiger partial charge in [-0.25, -0.2) is 0 Å². The SMILES string of the molecule is CSCCCNCc1cccc(C)c1O. The Morgan fingerprint density at radius 2 is 2.20 bits per heavy atom. The first-order chi connectivity index (χ1) is 7.25. The smallest absolute Gasteiger partial charge is 0.122 e. The van der Waals surface area contributed by atoms with Crippen molar-refractivity contribution in [1.82, 2.24) is 5.32 Å². The Bertz CT molecular complexity index is 302. The second kappa shape index (κ2) is 6.75. The highest BCUT2D eigenvalue weighted by Crippen LogP contribution is 2.20. The van der Waals surface area contributed by atoms with Crippen molar-refractivity contribution >= 4 is 11.8 Å². The van der Waals surface area contributed by atoms with Crippen LogP contribution in [0.5, 0.6) is 5.75 Å². The maximum absolute atomic E-state index is 9.76. The van der Waals surface area contributed by atoms with Crippen molar-refractivity contribution in [2.24, 2.45) is 0 Å². The van der Waals surface area contributed by atoms with E-state index in [9.17, 15) is 5.11 Å². The molecular weight excluding hydrogens is 206 g/mol. The number of phenolic OH excluding ortho intramolecular Hbond substituents is 1. The number of phenols is 1. The Morgan fingerprint density at radius 1 is 1.40 bits per heavy atom. The van der Waals surface area contributed by atoms with Gasteiger partial charge >= 0.3 is 0 Å². The van der Waals surface area contributed by atoms with Gasteiger partial charge in [0, 0.05) is 12.1 Å². The molecule has 0 aromatic heterocycles. The molecule has 0 fully saturated rings. The molecule has 2 N–H and O–H groups in total. The van der Waals surface area contributed by atoms with Crippen molar-refractivity contribution in [3.63, 3.8) is 0 Å². The summed E-state index contributed by atoms with van der Waals surface area (Å²) in [6, 6.07) is 5.87. The van der Waals surface area contributed by atoms with Crippen LogP contribution in [0.2, 0.25) is 0 Å². The zero-order valence-corrected chi connectivity index (χ0v) is 10.2. The Balaban J connectivity index is 2.34. The third-order valence-electron chi connectivity index (χ3n) is 2.34. The van der Waals surface area contributed by atoms with Crippen LogP contribution in [-0.4, -0.2) is 23.7 Å². The van der Waals surface area contributed by atoms with E-state index in [0.29, 0.717) is 5.75 Å². The van der Waals surface area contributed by atoms with Crippen molar-refractivity contribution in [2.75, 3.05) is 18.6 Å². The molecule has 2 nitrogen and oxygen atoms in total. The van der Waals surface area contributed by atoms with Crippen LogP contribution in [0.4, 0.5) is 0 Å². The maximum atomic E-state index is 9.76. The second-order valence-electron chi connectivity index (χ2n) is 3.61. The predicted octanol–water partition coefficient (Wildman–Crippen LogP) is 2.54. The highest BCUT2D eigenvalue weighted by molar-refractivity contribution is 7.98. The van der Waals surface area contributed by atoms with Crippen LogP contribution in [-0.2, 0) is 6.54 Å². The third kappa shape index (κ3) is 4.14. The number of thioether (sulfide) groups is 1. The van der Waals surface area contributed by atoms with Crippen LogP contribution in [0.1, 0.15) is 17.5 Å². The minimum atomic E-state index is 0.426. The van der Waals surface area contributed by atoms with Gasteiger partial charge in [-0.2, -0.15) is 11.8 Å². The lowest BCUT2D eigenvalue weighted by Gasteiger charge is -2.08. The lowest BCUT2D eigenvalue weighted by molar-refractivity contribution is 0.460. The van der Waals surface area contributed by atoms with Gasteiger partial charge in [0.25, 0.3) is 0 Å². The van der Waals surface area contributed by atoms with Crippen molar-refractivity contribution in [2.45, 2.75) is 19.9 Å². The number of benzene rings is 1. The van der Waals surface area contributed by atoms with Crippen LogP contribution in [0.15, 0.2) is 18.2 Å². The molecule has 0 aliphatic rings. The molecule has 0 atom stereocenters. The van der Waals surface area contributed by atoms with E-state index < -0.39 is 0 Å². The summed E-state index contributed by atoms with van der Waals surface area (Å²) in [6.07, 6.45) is 3.29. The number of nitrogens with one attached hydrogen (secondary N) is 1. The Hall–Kier alpha value is -0.670. The van der Waals surface area contributed by atoms with Crippen LogP contribution in [0.25, 0.3) is 0 Å². The summed E-state index contributed by atoms with van der Waals surface area (Å²) in [4.78, 5) is 0. The lowest BCUT2D eigenvalue weighted by Crippen LogP contribution is -2.15. The molecule has 0 unspecified atom stereocenters. The largest absolute Gasteiger partial charge is 0.507 e. The zero-order valence-electron chi connectivity index (χ0n) is 9.42. The van der Waals surface area contributed by atoms with E-state index in [0.717, 1.165) is 24.2 Å². The summed E-state index contributed by atoms with van der Waals surface area (Å²) in [5, 5.41) is 13.1. The fourth-order valence-corrected chi connectivity index (χ4v) is 1.86. The topological polar surface area (TPSA) is 32.3 Å². The summed E-state index contributed by atoms with van der Waals surface area (Å²) >= 11 is 1.86. The van der Waals surface area contributed by atoms with E-state index >= 15 is 0 Å². The molecule has 0 aliphatic heterocycles. The fraction of sp³-hybridized carbons (Fsp3) is 0.500. The van der Waals surface area contributed by atoms with Gasteiger partial charge in [-0.3, -0.25) is 0 Å². The number of rotatable bonds is 6. The summed E-state index contributed by atoms with van der Waals surface area (Å²) in [6.45, 7) is 3.68.